The van der Waals surface area contributed by atoms with Gasteiger partial charge in [0.25, 0.3) is 0 Å². The van der Waals surface area contributed by atoms with Crippen LogP contribution in [0.15, 0.2) is 0 Å². The molecule has 2 saturated heterocycles. The Morgan fingerprint density at radius 1 is 1.35 bits per heavy atom. The minimum absolute atomic E-state index is 0.413. The first-order valence-electron chi connectivity index (χ1n) is 6.84. The quantitative estimate of drug-likeness (QED) is 0.782. The molecule has 0 spiro atoms. The molecule has 0 amide bonds. The fourth-order valence-electron chi connectivity index (χ4n) is 3.36. The van der Waals surface area contributed by atoms with Crippen LogP contribution in [0.4, 0.5) is 0 Å². The lowest BCUT2D eigenvalue weighted by Gasteiger charge is -2.42. The summed E-state index contributed by atoms with van der Waals surface area (Å²) in [6.07, 6.45) is 3.95. The first kappa shape index (κ1) is 13.3. The third-order valence-corrected chi connectivity index (χ3v) is 4.65. The van der Waals surface area contributed by atoms with Crippen LogP contribution in [0.2, 0.25) is 0 Å². The van der Waals surface area contributed by atoms with Gasteiger partial charge >= 0.3 is 0 Å². The number of likely N-dealkylation sites (N-methyl/N-ethyl adjacent to an activating group) is 1. The average molecular weight is 241 g/mol. The highest BCUT2D eigenvalue weighted by Gasteiger charge is 2.37. The highest BCUT2D eigenvalue weighted by molar-refractivity contribution is 4.93. The van der Waals surface area contributed by atoms with E-state index in [0.29, 0.717) is 24.2 Å². The van der Waals surface area contributed by atoms with E-state index in [4.69, 9.17) is 10.5 Å². The number of nitrogens with zero attached hydrogens (tertiary/aromatic N) is 2. The monoisotopic (exact) mass is 241 g/mol. The Labute approximate surface area is 105 Å². The molecular weight excluding hydrogens is 214 g/mol. The number of ether oxygens (including phenoxy) is 1. The predicted molar refractivity (Wildman–Crippen MR) is 70.1 cm³/mol. The second-order valence-corrected chi connectivity index (χ2v) is 5.69. The minimum Gasteiger partial charge on any atom is -0.381 e. The van der Waals surface area contributed by atoms with Gasteiger partial charge < -0.3 is 15.4 Å². The Kier molecular flexibility index (Phi) is 4.42. The van der Waals surface area contributed by atoms with Crippen molar-refractivity contribution in [1.82, 2.24) is 9.80 Å². The maximum atomic E-state index is 5.94. The normalized spacial score (nSPS) is 40.9. The van der Waals surface area contributed by atoms with Crippen molar-refractivity contribution in [1.29, 1.82) is 0 Å². The molecule has 4 heteroatoms. The Balaban J connectivity index is 1.96. The van der Waals surface area contributed by atoms with Gasteiger partial charge in [-0.05, 0) is 33.2 Å². The van der Waals surface area contributed by atoms with Crippen LogP contribution in [0.3, 0.4) is 0 Å². The summed E-state index contributed by atoms with van der Waals surface area (Å²) in [6.45, 7) is 5.41. The van der Waals surface area contributed by atoms with Crippen molar-refractivity contribution >= 4 is 0 Å². The first-order valence-corrected chi connectivity index (χ1v) is 6.84. The predicted octanol–water partition coefficient (Wildman–Crippen LogP) is 0.517. The van der Waals surface area contributed by atoms with Crippen LogP contribution in [0.25, 0.3) is 0 Å². The van der Waals surface area contributed by atoms with Crippen LogP contribution < -0.4 is 5.73 Å². The van der Waals surface area contributed by atoms with Crippen LogP contribution in [-0.4, -0.2) is 67.8 Å². The van der Waals surface area contributed by atoms with Crippen LogP contribution in [0.1, 0.15) is 26.2 Å². The van der Waals surface area contributed by atoms with E-state index in [1.165, 1.54) is 13.0 Å². The van der Waals surface area contributed by atoms with Crippen molar-refractivity contribution in [2.24, 2.45) is 5.73 Å². The number of piperidine rings is 1. The Hall–Kier alpha value is -0.160. The molecule has 0 saturated carbocycles. The third-order valence-electron chi connectivity index (χ3n) is 4.65. The van der Waals surface area contributed by atoms with Gasteiger partial charge in [0.1, 0.15) is 0 Å². The van der Waals surface area contributed by atoms with Gasteiger partial charge in [-0.25, -0.2) is 0 Å². The number of hydrogen-bond donors (Lipinski definition) is 1. The molecule has 100 valence electrons. The summed E-state index contributed by atoms with van der Waals surface area (Å²) in [7, 11) is 4.04. The van der Waals surface area contributed by atoms with Crippen molar-refractivity contribution in [3.63, 3.8) is 0 Å². The standard InChI is InChI=1S/C13H27N3O/c1-10-6-12(9-15(10)2)16-5-4-13(17-3)7-11(16)8-14/h10-13H,4-9,14H2,1-3H3. The van der Waals surface area contributed by atoms with E-state index in [2.05, 4.69) is 23.8 Å². The van der Waals surface area contributed by atoms with Crippen molar-refractivity contribution in [2.45, 2.75) is 50.4 Å². The van der Waals surface area contributed by atoms with E-state index in [9.17, 15) is 0 Å². The topological polar surface area (TPSA) is 41.7 Å². The fraction of sp³-hybridized carbons (Fsp3) is 1.00. The van der Waals surface area contributed by atoms with Crippen molar-refractivity contribution in [2.75, 3.05) is 33.8 Å². The molecule has 2 rings (SSSR count). The minimum atomic E-state index is 0.413. The summed E-state index contributed by atoms with van der Waals surface area (Å²) in [5.41, 5.74) is 5.94. The molecule has 17 heavy (non-hydrogen) atoms. The van der Waals surface area contributed by atoms with Gasteiger partial charge in [0, 0.05) is 44.9 Å². The molecule has 2 aliphatic heterocycles. The number of methoxy groups -OCH3 is 1. The molecule has 0 bridgehead atoms. The first-order chi connectivity index (χ1) is 8.15. The van der Waals surface area contributed by atoms with Crippen LogP contribution in [-0.2, 0) is 4.74 Å². The molecule has 2 fully saturated rings. The molecule has 4 nitrogen and oxygen atoms in total. The molecule has 0 aromatic carbocycles. The molecule has 0 aromatic heterocycles. The Morgan fingerprint density at radius 2 is 2.12 bits per heavy atom. The summed E-state index contributed by atoms with van der Waals surface area (Å²) in [4.78, 5) is 5.09. The number of likely N-dealkylation sites (tertiary alicyclic amines) is 2. The summed E-state index contributed by atoms with van der Waals surface area (Å²) in [6, 6.07) is 1.91. The molecule has 2 heterocycles. The second kappa shape index (κ2) is 5.65. The van der Waals surface area contributed by atoms with Gasteiger partial charge in [0.05, 0.1) is 6.10 Å². The summed E-state index contributed by atoms with van der Waals surface area (Å²) in [5.74, 6) is 0. The molecule has 4 unspecified atom stereocenters. The van der Waals surface area contributed by atoms with E-state index in [-0.39, 0.29) is 0 Å². The van der Waals surface area contributed by atoms with Gasteiger partial charge in [-0.3, -0.25) is 4.90 Å². The highest BCUT2D eigenvalue weighted by Crippen LogP contribution is 2.27. The van der Waals surface area contributed by atoms with Crippen molar-refractivity contribution < 1.29 is 4.74 Å². The zero-order valence-corrected chi connectivity index (χ0v) is 11.4. The highest BCUT2D eigenvalue weighted by atomic mass is 16.5. The zero-order chi connectivity index (χ0) is 12.4. The van der Waals surface area contributed by atoms with E-state index in [1.54, 1.807) is 0 Å². The van der Waals surface area contributed by atoms with E-state index in [1.807, 2.05) is 7.11 Å². The van der Waals surface area contributed by atoms with Gasteiger partial charge in [0.15, 0.2) is 0 Å². The lowest BCUT2D eigenvalue weighted by atomic mass is 9.96. The molecular formula is C13H27N3O. The Bertz CT molecular complexity index is 239. The molecule has 0 aromatic rings. The summed E-state index contributed by atoms with van der Waals surface area (Å²) in [5, 5.41) is 0. The van der Waals surface area contributed by atoms with Crippen LogP contribution in [0, 0.1) is 0 Å². The number of rotatable bonds is 3. The number of hydrogen-bond acceptors (Lipinski definition) is 4. The van der Waals surface area contributed by atoms with Crippen LogP contribution >= 0.6 is 0 Å². The fourth-order valence-corrected chi connectivity index (χ4v) is 3.36. The van der Waals surface area contributed by atoms with Crippen LogP contribution in [0.5, 0.6) is 0 Å². The molecule has 4 atom stereocenters. The maximum absolute atomic E-state index is 5.94. The van der Waals surface area contributed by atoms with Crippen molar-refractivity contribution in [3.8, 4) is 0 Å². The third kappa shape index (κ3) is 2.81. The smallest absolute Gasteiger partial charge is 0.0599 e. The second-order valence-electron chi connectivity index (χ2n) is 5.69. The van der Waals surface area contributed by atoms with Gasteiger partial charge in [-0.15, -0.1) is 0 Å². The molecule has 0 radical (unpaired) electrons. The summed E-state index contributed by atoms with van der Waals surface area (Å²) < 4.78 is 5.48. The molecule has 2 aliphatic rings. The SMILES string of the molecule is COC1CCN(C2CC(C)N(C)C2)C(CN)C1. The largest absolute Gasteiger partial charge is 0.381 e. The van der Waals surface area contributed by atoms with E-state index < -0.39 is 0 Å². The summed E-state index contributed by atoms with van der Waals surface area (Å²) >= 11 is 0. The van der Waals surface area contributed by atoms with E-state index in [0.717, 1.165) is 25.9 Å². The maximum Gasteiger partial charge on any atom is 0.0599 e. The molecule has 0 aliphatic carbocycles. The van der Waals surface area contributed by atoms with E-state index >= 15 is 0 Å². The van der Waals surface area contributed by atoms with Gasteiger partial charge in [-0.2, -0.15) is 0 Å². The number of nitrogens with two attached hydrogens (primary N) is 1. The van der Waals surface area contributed by atoms with Gasteiger partial charge in [-0.1, -0.05) is 0 Å². The average Bonchev–Trinajstić information content (AvgIpc) is 2.68. The van der Waals surface area contributed by atoms with Gasteiger partial charge in [0.2, 0.25) is 0 Å². The van der Waals surface area contributed by atoms with Crippen molar-refractivity contribution in [3.05, 3.63) is 0 Å². The molecule has 2 N–H and O–H groups in total. The zero-order valence-electron chi connectivity index (χ0n) is 11.4. The lowest BCUT2D eigenvalue weighted by Crippen LogP contribution is -2.53. The Morgan fingerprint density at radius 3 is 2.65 bits per heavy atom. The lowest BCUT2D eigenvalue weighted by molar-refractivity contribution is -0.00225.